The highest BCUT2D eigenvalue weighted by atomic mass is 16.2. The smallest absolute Gasteiger partial charge is 0.258 e. The summed E-state index contributed by atoms with van der Waals surface area (Å²) in [5.41, 5.74) is -0.325. The largest absolute Gasteiger partial charge is 0.337 e. The first-order valence-corrected chi connectivity index (χ1v) is 5.46. The molecule has 0 radical (unpaired) electrons. The summed E-state index contributed by atoms with van der Waals surface area (Å²) in [5.74, 6) is 0.315. The van der Waals surface area contributed by atoms with E-state index < -0.39 is 5.54 Å². The SMILES string of the molecule is CC(C)N=C1NC(=O)C(C)(c2cnccn2)N1. The van der Waals surface area contributed by atoms with E-state index in [-0.39, 0.29) is 11.9 Å². The zero-order valence-electron chi connectivity index (χ0n) is 10.1. The molecule has 1 atom stereocenters. The Morgan fingerprint density at radius 1 is 1.41 bits per heavy atom. The lowest BCUT2D eigenvalue weighted by atomic mass is 9.99. The highest BCUT2D eigenvalue weighted by Gasteiger charge is 2.43. The highest BCUT2D eigenvalue weighted by Crippen LogP contribution is 2.21. The van der Waals surface area contributed by atoms with Gasteiger partial charge in [0.25, 0.3) is 5.91 Å². The number of nitrogens with zero attached hydrogens (tertiary/aromatic N) is 3. The molecule has 0 aliphatic carbocycles. The lowest BCUT2D eigenvalue weighted by molar-refractivity contribution is -0.123. The fraction of sp³-hybridized carbons (Fsp3) is 0.455. The number of aliphatic imine (C=N–C) groups is 1. The first-order chi connectivity index (χ1) is 8.02. The lowest BCUT2D eigenvalue weighted by Gasteiger charge is -2.19. The first-order valence-electron chi connectivity index (χ1n) is 5.46. The standard InChI is InChI=1S/C11H15N5O/c1-7(2)14-10-15-9(17)11(3,16-10)8-6-12-4-5-13-8/h4-7H,1-3H3,(H2,14,15,16,17). The van der Waals surface area contributed by atoms with Gasteiger partial charge < -0.3 is 5.32 Å². The molecule has 0 bridgehead atoms. The Morgan fingerprint density at radius 2 is 2.18 bits per heavy atom. The van der Waals surface area contributed by atoms with Crippen LogP contribution in [0.1, 0.15) is 26.5 Å². The Hall–Kier alpha value is -1.98. The van der Waals surface area contributed by atoms with E-state index in [1.165, 1.54) is 0 Å². The molecule has 1 unspecified atom stereocenters. The summed E-state index contributed by atoms with van der Waals surface area (Å²) in [6.07, 6.45) is 4.71. The summed E-state index contributed by atoms with van der Waals surface area (Å²) in [7, 11) is 0. The van der Waals surface area contributed by atoms with Crippen molar-refractivity contribution in [3.63, 3.8) is 0 Å². The second-order valence-corrected chi connectivity index (χ2v) is 4.37. The van der Waals surface area contributed by atoms with Gasteiger partial charge in [0, 0.05) is 18.4 Å². The number of guanidine groups is 1. The second kappa shape index (κ2) is 4.12. The molecule has 17 heavy (non-hydrogen) atoms. The van der Waals surface area contributed by atoms with E-state index in [4.69, 9.17) is 0 Å². The van der Waals surface area contributed by atoms with E-state index in [9.17, 15) is 4.79 Å². The third-order valence-corrected chi connectivity index (χ3v) is 2.52. The number of carbonyl (C=O) groups is 1. The zero-order chi connectivity index (χ0) is 12.5. The average Bonchev–Trinajstić information content (AvgIpc) is 2.56. The van der Waals surface area contributed by atoms with Crippen molar-refractivity contribution < 1.29 is 4.79 Å². The molecule has 6 nitrogen and oxygen atoms in total. The molecule has 0 spiro atoms. The van der Waals surface area contributed by atoms with Crippen LogP contribution in [0.3, 0.4) is 0 Å². The number of rotatable bonds is 2. The van der Waals surface area contributed by atoms with Crippen LogP contribution in [0.15, 0.2) is 23.6 Å². The molecule has 2 N–H and O–H groups in total. The minimum Gasteiger partial charge on any atom is -0.337 e. The summed E-state index contributed by atoms with van der Waals surface area (Å²) in [6.45, 7) is 5.65. The van der Waals surface area contributed by atoms with Crippen molar-refractivity contribution in [3.8, 4) is 0 Å². The molecule has 1 fully saturated rings. The normalized spacial score (nSPS) is 26.1. The topological polar surface area (TPSA) is 79.3 Å². The van der Waals surface area contributed by atoms with Crippen LogP contribution in [0.2, 0.25) is 0 Å². The van der Waals surface area contributed by atoms with Gasteiger partial charge in [-0.2, -0.15) is 0 Å². The number of hydrogen-bond donors (Lipinski definition) is 2. The van der Waals surface area contributed by atoms with Gasteiger partial charge in [0.2, 0.25) is 0 Å². The quantitative estimate of drug-likeness (QED) is 0.763. The Labute approximate surface area is 99.6 Å². The zero-order valence-corrected chi connectivity index (χ0v) is 10.1. The van der Waals surface area contributed by atoms with Crippen LogP contribution in [-0.2, 0) is 10.3 Å². The molecule has 90 valence electrons. The Balaban J connectivity index is 2.31. The van der Waals surface area contributed by atoms with Crippen molar-refractivity contribution in [1.82, 2.24) is 20.6 Å². The van der Waals surface area contributed by atoms with E-state index in [1.807, 2.05) is 13.8 Å². The fourth-order valence-electron chi connectivity index (χ4n) is 1.62. The minimum absolute atomic E-state index is 0.113. The predicted octanol–water partition coefficient (Wildman–Crippen LogP) is 0.176. The first kappa shape index (κ1) is 11.5. The van der Waals surface area contributed by atoms with E-state index in [2.05, 4.69) is 25.6 Å². The van der Waals surface area contributed by atoms with Gasteiger partial charge in [-0.15, -0.1) is 0 Å². The summed E-state index contributed by atoms with van der Waals surface area (Å²) in [5, 5.41) is 5.76. The van der Waals surface area contributed by atoms with Crippen LogP contribution in [0, 0.1) is 0 Å². The Kier molecular flexibility index (Phi) is 2.79. The number of hydrogen-bond acceptors (Lipinski definition) is 4. The third kappa shape index (κ3) is 2.11. The third-order valence-electron chi connectivity index (χ3n) is 2.52. The molecule has 2 rings (SSSR count). The van der Waals surface area contributed by atoms with E-state index in [0.29, 0.717) is 11.7 Å². The Morgan fingerprint density at radius 3 is 2.76 bits per heavy atom. The van der Waals surface area contributed by atoms with Crippen LogP contribution < -0.4 is 10.6 Å². The van der Waals surface area contributed by atoms with Gasteiger partial charge in [-0.3, -0.25) is 25.1 Å². The molecule has 1 aromatic heterocycles. The van der Waals surface area contributed by atoms with Crippen LogP contribution >= 0.6 is 0 Å². The maximum Gasteiger partial charge on any atom is 0.258 e. The summed E-state index contributed by atoms with van der Waals surface area (Å²) < 4.78 is 0. The van der Waals surface area contributed by atoms with E-state index >= 15 is 0 Å². The molecule has 1 aliphatic rings. The van der Waals surface area contributed by atoms with Crippen molar-refractivity contribution in [1.29, 1.82) is 0 Å². The van der Waals surface area contributed by atoms with Crippen LogP contribution in [0.4, 0.5) is 0 Å². The summed E-state index contributed by atoms with van der Waals surface area (Å²) in [4.78, 5) is 24.4. The summed E-state index contributed by atoms with van der Waals surface area (Å²) >= 11 is 0. The molecule has 1 aliphatic heterocycles. The van der Waals surface area contributed by atoms with Crippen molar-refractivity contribution in [2.24, 2.45) is 4.99 Å². The van der Waals surface area contributed by atoms with E-state index in [1.54, 1.807) is 25.5 Å². The lowest BCUT2D eigenvalue weighted by Crippen LogP contribution is -2.41. The maximum atomic E-state index is 12.0. The summed E-state index contributed by atoms with van der Waals surface area (Å²) in [6, 6.07) is 0.113. The number of amides is 1. The van der Waals surface area contributed by atoms with Gasteiger partial charge in [0.15, 0.2) is 11.5 Å². The van der Waals surface area contributed by atoms with Crippen LogP contribution in [0.25, 0.3) is 0 Å². The molecule has 1 aromatic rings. The molecular formula is C11H15N5O. The number of carbonyl (C=O) groups excluding carboxylic acids is 1. The molecule has 1 saturated heterocycles. The Bertz CT molecular complexity index is 456. The van der Waals surface area contributed by atoms with Gasteiger partial charge in [0.05, 0.1) is 11.9 Å². The molecule has 0 aromatic carbocycles. The molecule has 6 heteroatoms. The predicted molar refractivity (Wildman–Crippen MR) is 63.2 cm³/mol. The van der Waals surface area contributed by atoms with Gasteiger partial charge in [-0.05, 0) is 20.8 Å². The minimum atomic E-state index is -0.901. The fourth-order valence-corrected chi connectivity index (χ4v) is 1.62. The number of nitrogens with one attached hydrogen (secondary N) is 2. The van der Waals surface area contributed by atoms with Gasteiger partial charge in [-0.25, -0.2) is 0 Å². The van der Waals surface area contributed by atoms with Crippen LogP contribution in [0.5, 0.6) is 0 Å². The monoisotopic (exact) mass is 233 g/mol. The molecular weight excluding hydrogens is 218 g/mol. The molecule has 0 saturated carbocycles. The average molecular weight is 233 g/mol. The van der Waals surface area contributed by atoms with Crippen molar-refractivity contribution in [3.05, 3.63) is 24.3 Å². The van der Waals surface area contributed by atoms with Gasteiger partial charge in [-0.1, -0.05) is 0 Å². The highest BCUT2D eigenvalue weighted by molar-refractivity contribution is 6.08. The van der Waals surface area contributed by atoms with E-state index in [0.717, 1.165) is 0 Å². The van der Waals surface area contributed by atoms with Crippen molar-refractivity contribution >= 4 is 11.9 Å². The second-order valence-electron chi connectivity index (χ2n) is 4.37. The number of aromatic nitrogens is 2. The van der Waals surface area contributed by atoms with Gasteiger partial charge in [0.1, 0.15) is 0 Å². The van der Waals surface area contributed by atoms with Crippen LogP contribution in [-0.4, -0.2) is 27.9 Å². The molecule has 2 heterocycles. The van der Waals surface area contributed by atoms with Crippen molar-refractivity contribution in [2.45, 2.75) is 32.4 Å². The maximum absolute atomic E-state index is 12.0. The van der Waals surface area contributed by atoms with Gasteiger partial charge >= 0.3 is 0 Å². The van der Waals surface area contributed by atoms with Crippen molar-refractivity contribution in [2.75, 3.05) is 0 Å². The molecule has 1 amide bonds.